The van der Waals surface area contributed by atoms with Crippen LogP contribution in [0.4, 0.5) is 5.69 Å². The fraction of sp³-hybridized carbons (Fsp3) is 0.188. The second kappa shape index (κ2) is 4.97. The number of pyridine rings is 1. The summed E-state index contributed by atoms with van der Waals surface area (Å²) in [7, 11) is 0. The number of carbonyl (C=O) groups is 2. The van der Waals surface area contributed by atoms with E-state index in [4.69, 9.17) is 11.6 Å². The van der Waals surface area contributed by atoms with Crippen molar-refractivity contribution in [3.63, 3.8) is 0 Å². The Labute approximate surface area is 127 Å². The first-order valence-corrected chi connectivity index (χ1v) is 6.93. The van der Waals surface area contributed by atoms with Crippen LogP contribution in [0.15, 0.2) is 30.5 Å². The van der Waals surface area contributed by atoms with Gasteiger partial charge in [0.1, 0.15) is 5.15 Å². The van der Waals surface area contributed by atoms with Gasteiger partial charge in [-0.15, -0.1) is 0 Å². The molecule has 0 bridgehead atoms. The van der Waals surface area contributed by atoms with Crippen molar-refractivity contribution in [2.45, 2.75) is 20.4 Å². The molecule has 1 aliphatic rings. The molecule has 1 amide bonds. The Balaban J connectivity index is 2.08. The molecule has 0 unspecified atom stereocenters. The molecule has 3 rings (SSSR count). The van der Waals surface area contributed by atoms with Gasteiger partial charge in [-0.05, 0) is 37.1 Å². The minimum Gasteiger partial charge on any atom is -0.300 e. The Morgan fingerprint density at radius 3 is 2.71 bits per heavy atom. The average Bonchev–Trinajstić information content (AvgIpc) is 2.66. The lowest BCUT2D eigenvalue weighted by Crippen LogP contribution is -2.29. The lowest BCUT2D eigenvalue weighted by atomic mass is 10.0. The van der Waals surface area contributed by atoms with Gasteiger partial charge in [0.15, 0.2) is 0 Å². The van der Waals surface area contributed by atoms with E-state index in [1.165, 1.54) is 4.90 Å². The third kappa shape index (κ3) is 2.21. The van der Waals surface area contributed by atoms with Crippen LogP contribution in [0.1, 0.15) is 27.0 Å². The second-order valence-corrected chi connectivity index (χ2v) is 5.51. The van der Waals surface area contributed by atoms with E-state index >= 15 is 0 Å². The van der Waals surface area contributed by atoms with Crippen molar-refractivity contribution in [1.29, 1.82) is 0 Å². The van der Waals surface area contributed by atoms with Gasteiger partial charge in [-0.1, -0.05) is 23.7 Å². The average molecular weight is 301 g/mol. The highest BCUT2D eigenvalue weighted by Crippen LogP contribution is 2.34. The molecule has 4 nitrogen and oxygen atoms in total. The molecule has 1 aromatic heterocycles. The number of halogens is 1. The summed E-state index contributed by atoms with van der Waals surface area (Å²) in [5.41, 5.74) is 3.69. The number of Topliss-reactive ketones (excluding diaryl/α,β-unsaturated/α-hetero) is 1. The topological polar surface area (TPSA) is 50.3 Å². The third-order valence-electron chi connectivity index (χ3n) is 3.58. The van der Waals surface area contributed by atoms with Crippen molar-refractivity contribution < 1.29 is 9.59 Å². The number of hydrogen-bond donors (Lipinski definition) is 0. The molecule has 0 atom stereocenters. The van der Waals surface area contributed by atoms with Crippen molar-refractivity contribution in [3.8, 4) is 0 Å². The van der Waals surface area contributed by atoms with Gasteiger partial charge in [-0.25, -0.2) is 4.98 Å². The maximum absolute atomic E-state index is 12.3. The molecule has 0 spiro atoms. The summed E-state index contributed by atoms with van der Waals surface area (Å²) in [6.07, 6.45) is 1.59. The second-order valence-electron chi connectivity index (χ2n) is 5.15. The fourth-order valence-corrected chi connectivity index (χ4v) is 2.84. The van der Waals surface area contributed by atoms with Crippen LogP contribution >= 0.6 is 11.6 Å². The molecule has 0 fully saturated rings. The van der Waals surface area contributed by atoms with Gasteiger partial charge in [0.25, 0.3) is 11.7 Å². The molecule has 1 aliphatic heterocycles. The highest BCUT2D eigenvalue weighted by atomic mass is 35.5. The zero-order valence-electron chi connectivity index (χ0n) is 11.7. The zero-order chi connectivity index (χ0) is 15.1. The number of carbonyl (C=O) groups excluding carboxylic acids is 2. The van der Waals surface area contributed by atoms with Crippen LogP contribution in [0.25, 0.3) is 0 Å². The summed E-state index contributed by atoms with van der Waals surface area (Å²) in [6.45, 7) is 4.03. The molecule has 2 heterocycles. The van der Waals surface area contributed by atoms with Crippen molar-refractivity contribution in [1.82, 2.24) is 4.98 Å². The molecule has 5 heteroatoms. The largest absolute Gasteiger partial charge is 0.300 e. The van der Waals surface area contributed by atoms with Gasteiger partial charge in [0.2, 0.25) is 0 Å². The highest BCUT2D eigenvalue weighted by Gasteiger charge is 2.37. The van der Waals surface area contributed by atoms with Crippen LogP contribution in [0.3, 0.4) is 0 Å². The number of fused-ring (bicyclic) bond motifs is 1. The quantitative estimate of drug-likeness (QED) is 0.632. The number of anilines is 1. The van der Waals surface area contributed by atoms with Gasteiger partial charge in [-0.3, -0.25) is 9.59 Å². The number of aryl methyl sites for hydroxylation is 2. The van der Waals surface area contributed by atoms with E-state index < -0.39 is 11.7 Å². The summed E-state index contributed by atoms with van der Waals surface area (Å²) < 4.78 is 0. The Hall–Kier alpha value is -2.20. The highest BCUT2D eigenvalue weighted by molar-refractivity contribution is 6.52. The minimum atomic E-state index is -0.515. The zero-order valence-corrected chi connectivity index (χ0v) is 12.4. The lowest BCUT2D eigenvalue weighted by molar-refractivity contribution is -0.114. The van der Waals surface area contributed by atoms with Crippen LogP contribution in [0.2, 0.25) is 5.15 Å². The van der Waals surface area contributed by atoms with Gasteiger partial charge in [-0.2, -0.15) is 0 Å². The number of ketones is 1. The Morgan fingerprint density at radius 2 is 2.00 bits per heavy atom. The molecule has 0 saturated carbocycles. The normalized spacial score (nSPS) is 13.8. The number of aromatic nitrogens is 1. The van der Waals surface area contributed by atoms with Crippen LogP contribution in [0.5, 0.6) is 0 Å². The summed E-state index contributed by atoms with van der Waals surface area (Å²) in [4.78, 5) is 29.9. The summed E-state index contributed by atoms with van der Waals surface area (Å²) in [5, 5.41) is 0.343. The molecule has 1 aromatic carbocycles. The molecule has 0 N–H and O–H groups in total. The van der Waals surface area contributed by atoms with Crippen molar-refractivity contribution in [3.05, 3.63) is 57.9 Å². The smallest absolute Gasteiger partial charge is 0.299 e. The monoisotopic (exact) mass is 300 g/mol. The maximum Gasteiger partial charge on any atom is 0.299 e. The van der Waals surface area contributed by atoms with Crippen molar-refractivity contribution in [2.24, 2.45) is 0 Å². The number of amides is 1. The number of nitrogens with zero attached hydrogens (tertiary/aromatic N) is 2. The van der Waals surface area contributed by atoms with Gasteiger partial charge in [0, 0.05) is 11.8 Å². The maximum atomic E-state index is 12.3. The lowest BCUT2D eigenvalue weighted by Gasteiger charge is -2.17. The molecule has 0 radical (unpaired) electrons. The molecule has 21 heavy (non-hydrogen) atoms. The van der Waals surface area contributed by atoms with Crippen LogP contribution in [-0.4, -0.2) is 16.7 Å². The minimum absolute atomic E-state index is 0.243. The molecule has 0 saturated heterocycles. The molecular formula is C16H13ClN2O2. The van der Waals surface area contributed by atoms with Crippen LogP contribution in [0, 0.1) is 13.8 Å². The standard InChI is InChI=1S/C16H13ClN2O2/c1-9-6-10(2)13-12(7-9)19(16(21)14(13)20)8-11-4-3-5-18-15(11)17/h3-7H,8H2,1-2H3. The SMILES string of the molecule is Cc1cc(C)c2c(c1)N(Cc1cccnc1Cl)C(=O)C2=O. The predicted molar refractivity (Wildman–Crippen MR) is 80.7 cm³/mol. The van der Waals surface area contributed by atoms with Gasteiger partial charge in [0.05, 0.1) is 17.8 Å². The Morgan fingerprint density at radius 1 is 1.24 bits per heavy atom. The van der Waals surface area contributed by atoms with E-state index in [2.05, 4.69) is 4.98 Å². The van der Waals surface area contributed by atoms with Crippen LogP contribution in [-0.2, 0) is 11.3 Å². The van der Waals surface area contributed by atoms with Crippen molar-refractivity contribution >= 4 is 29.0 Å². The van der Waals surface area contributed by atoms with E-state index in [1.54, 1.807) is 18.3 Å². The fourth-order valence-electron chi connectivity index (χ4n) is 2.66. The number of hydrogen-bond acceptors (Lipinski definition) is 3. The van der Waals surface area contributed by atoms with Crippen molar-refractivity contribution in [2.75, 3.05) is 4.90 Å². The van der Waals surface area contributed by atoms with Gasteiger partial charge >= 0.3 is 0 Å². The predicted octanol–water partition coefficient (Wildman–Crippen LogP) is 3.08. The van der Waals surface area contributed by atoms with E-state index in [0.29, 0.717) is 22.0 Å². The van der Waals surface area contributed by atoms with E-state index in [1.807, 2.05) is 26.0 Å². The van der Waals surface area contributed by atoms with E-state index in [0.717, 1.165) is 11.1 Å². The first-order valence-electron chi connectivity index (χ1n) is 6.56. The molecular weight excluding hydrogens is 288 g/mol. The Bertz CT molecular complexity index is 771. The number of benzene rings is 1. The Kier molecular flexibility index (Phi) is 3.26. The number of rotatable bonds is 2. The summed E-state index contributed by atoms with van der Waals surface area (Å²) in [5.74, 6) is -0.971. The molecule has 2 aromatic rings. The first kappa shape index (κ1) is 13.8. The summed E-state index contributed by atoms with van der Waals surface area (Å²) >= 11 is 6.04. The first-order chi connectivity index (χ1) is 9.99. The van der Waals surface area contributed by atoms with Gasteiger partial charge < -0.3 is 4.90 Å². The van der Waals surface area contributed by atoms with Crippen LogP contribution < -0.4 is 4.90 Å². The molecule has 106 valence electrons. The van der Waals surface area contributed by atoms with E-state index in [9.17, 15) is 9.59 Å². The molecule has 0 aliphatic carbocycles. The third-order valence-corrected chi connectivity index (χ3v) is 3.92. The van der Waals surface area contributed by atoms with E-state index in [-0.39, 0.29) is 6.54 Å². The summed E-state index contributed by atoms with van der Waals surface area (Å²) in [6, 6.07) is 7.32.